The van der Waals surface area contributed by atoms with Crippen molar-refractivity contribution in [1.82, 2.24) is 0 Å². The highest BCUT2D eigenvalue weighted by molar-refractivity contribution is 6.06. The third-order valence-corrected chi connectivity index (χ3v) is 2.86. The van der Waals surface area contributed by atoms with Gasteiger partial charge < -0.3 is 11.1 Å². The number of anilines is 2. The summed E-state index contributed by atoms with van der Waals surface area (Å²) in [6.45, 7) is 3.90. The number of nitrogens with two attached hydrogens (primary N) is 1. The van der Waals surface area contributed by atoms with Crippen LogP contribution < -0.4 is 11.1 Å². The molecule has 0 aromatic heterocycles. The van der Waals surface area contributed by atoms with Gasteiger partial charge in [0, 0.05) is 5.56 Å². The normalized spacial score (nSPS) is 10.1. The molecule has 0 saturated carbocycles. The molecule has 0 radical (unpaired) electrons. The number of carbonyl (C=O) groups is 1. The maximum atomic E-state index is 12.1. The molecule has 0 heterocycles. The van der Waals surface area contributed by atoms with Gasteiger partial charge in [0.25, 0.3) is 5.91 Å². The van der Waals surface area contributed by atoms with E-state index < -0.39 is 0 Å². The van der Waals surface area contributed by atoms with Gasteiger partial charge >= 0.3 is 0 Å². The van der Waals surface area contributed by atoms with Crippen LogP contribution in [0.5, 0.6) is 0 Å². The van der Waals surface area contributed by atoms with Crippen molar-refractivity contribution >= 4 is 17.3 Å². The monoisotopic (exact) mass is 240 g/mol. The molecular formula is C15H16N2O. The standard InChI is InChI=1S/C15H16N2O/c1-10-6-8-12(9-7-10)15(18)17-14-11(2)4-3-5-13(14)16/h3-9H,16H2,1-2H3,(H,17,18). The van der Waals surface area contributed by atoms with E-state index in [-0.39, 0.29) is 5.91 Å². The van der Waals surface area contributed by atoms with Crippen LogP contribution in [0, 0.1) is 13.8 Å². The molecule has 0 fully saturated rings. The number of nitrogens with one attached hydrogen (secondary N) is 1. The first-order valence-corrected chi connectivity index (χ1v) is 5.81. The van der Waals surface area contributed by atoms with E-state index in [1.807, 2.05) is 38.1 Å². The van der Waals surface area contributed by atoms with Crippen molar-refractivity contribution in [2.24, 2.45) is 0 Å². The van der Waals surface area contributed by atoms with Gasteiger partial charge in [-0.15, -0.1) is 0 Å². The predicted octanol–water partition coefficient (Wildman–Crippen LogP) is 3.14. The van der Waals surface area contributed by atoms with E-state index in [9.17, 15) is 4.79 Å². The summed E-state index contributed by atoms with van der Waals surface area (Å²) in [5, 5.41) is 2.85. The van der Waals surface area contributed by atoms with Crippen molar-refractivity contribution in [3.8, 4) is 0 Å². The Hall–Kier alpha value is -2.29. The Morgan fingerprint density at radius 2 is 1.72 bits per heavy atom. The number of hydrogen-bond acceptors (Lipinski definition) is 2. The maximum absolute atomic E-state index is 12.1. The minimum atomic E-state index is -0.143. The molecule has 92 valence electrons. The number of aryl methyl sites for hydroxylation is 2. The summed E-state index contributed by atoms with van der Waals surface area (Å²) < 4.78 is 0. The van der Waals surface area contributed by atoms with E-state index in [1.54, 1.807) is 18.2 Å². The summed E-state index contributed by atoms with van der Waals surface area (Å²) in [7, 11) is 0. The molecule has 3 nitrogen and oxygen atoms in total. The van der Waals surface area contributed by atoms with Gasteiger partial charge in [-0.3, -0.25) is 4.79 Å². The van der Waals surface area contributed by atoms with Crippen molar-refractivity contribution in [1.29, 1.82) is 0 Å². The quantitative estimate of drug-likeness (QED) is 0.792. The first-order valence-electron chi connectivity index (χ1n) is 5.81. The molecule has 0 unspecified atom stereocenters. The molecule has 2 aromatic rings. The first-order chi connectivity index (χ1) is 8.58. The number of benzene rings is 2. The Balaban J connectivity index is 2.24. The number of hydrogen-bond donors (Lipinski definition) is 2. The van der Waals surface area contributed by atoms with Gasteiger partial charge in [-0.25, -0.2) is 0 Å². The second-order valence-electron chi connectivity index (χ2n) is 4.36. The lowest BCUT2D eigenvalue weighted by Crippen LogP contribution is -2.14. The maximum Gasteiger partial charge on any atom is 0.255 e. The third kappa shape index (κ3) is 2.51. The number of rotatable bonds is 2. The minimum Gasteiger partial charge on any atom is -0.397 e. The first kappa shape index (κ1) is 12.2. The summed E-state index contributed by atoms with van der Waals surface area (Å²) in [5.41, 5.74) is 9.83. The predicted molar refractivity (Wildman–Crippen MR) is 74.7 cm³/mol. The summed E-state index contributed by atoms with van der Waals surface area (Å²) in [5.74, 6) is -0.143. The van der Waals surface area contributed by atoms with Crippen LogP contribution in [0.3, 0.4) is 0 Å². The minimum absolute atomic E-state index is 0.143. The van der Waals surface area contributed by atoms with Crippen LogP contribution >= 0.6 is 0 Å². The van der Waals surface area contributed by atoms with Crippen molar-refractivity contribution in [3.05, 3.63) is 59.2 Å². The van der Waals surface area contributed by atoms with E-state index in [4.69, 9.17) is 5.73 Å². The molecule has 0 bridgehead atoms. The van der Waals surface area contributed by atoms with Crippen LogP contribution in [0.2, 0.25) is 0 Å². The second kappa shape index (κ2) is 4.92. The summed E-state index contributed by atoms with van der Waals surface area (Å²) in [6.07, 6.45) is 0. The Bertz CT molecular complexity index is 553. The molecule has 0 spiro atoms. The van der Waals surface area contributed by atoms with E-state index in [0.29, 0.717) is 16.9 Å². The van der Waals surface area contributed by atoms with Crippen molar-refractivity contribution in [2.45, 2.75) is 13.8 Å². The zero-order valence-electron chi connectivity index (χ0n) is 10.5. The lowest BCUT2D eigenvalue weighted by molar-refractivity contribution is 0.102. The highest BCUT2D eigenvalue weighted by Crippen LogP contribution is 2.23. The summed E-state index contributed by atoms with van der Waals surface area (Å²) in [4.78, 5) is 12.1. The number of amides is 1. The molecule has 3 N–H and O–H groups in total. The highest BCUT2D eigenvalue weighted by atomic mass is 16.1. The van der Waals surface area contributed by atoms with Crippen LogP contribution in [0.15, 0.2) is 42.5 Å². The number of para-hydroxylation sites is 1. The van der Waals surface area contributed by atoms with E-state index in [1.165, 1.54) is 0 Å². The molecular weight excluding hydrogens is 224 g/mol. The fourth-order valence-corrected chi connectivity index (χ4v) is 1.75. The van der Waals surface area contributed by atoms with Crippen molar-refractivity contribution in [2.75, 3.05) is 11.1 Å². The SMILES string of the molecule is Cc1ccc(C(=O)Nc2c(C)cccc2N)cc1. The molecule has 0 aliphatic carbocycles. The second-order valence-corrected chi connectivity index (χ2v) is 4.36. The lowest BCUT2D eigenvalue weighted by atomic mass is 10.1. The van der Waals surface area contributed by atoms with Crippen molar-refractivity contribution < 1.29 is 4.79 Å². The molecule has 2 rings (SSSR count). The smallest absolute Gasteiger partial charge is 0.255 e. The Morgan fingerprint density at radius 1 is 1.06 bits per heavy atom. The molecule has 18 heavy (non-hydrogen) atoms. The van der Waals surface area contributed by atoms with Gasteiger partial charge in [-0.1, -0.05) is 29.8 Å². The molecule has 2 aromatic carbocycles. The zero-order valence-corrected chi connectivity index (χ0v) is 10.5. The highest BCUT2D eigenvalue weighted by Gasteiger charge is 2.09. The molecule has 0 atom stereocenters. The van der Waals surface area contributed by atoms with E-state index in [2.05, 4.69) is 5.32 Å². The van der Waals surface area contributed by atoms with Crippen LogP contribution in [-0.4, -0.2) is 5.91 Å². The molecule has 3 heteroatoms. The number of carbonyl (C=O) groups excluding carboxylic acids is 1. The fraction of sp³-hybridized carbons (Fsp3) is 0.133. The van der Waals surface area contributed by atoms with Crippen molar-refractivity contribution in [3.63, 3.8) is 0 Å². The summed E-state index contributed by atoms with van der Waals surface area (Å²) in [6, 6.07) is 13.0. The topological polar surface area (TPSA) is 55.1 Å². The lowest BCUT2D eigenvalue weighted by Gasteiger charge is -2.11. The Labute approximate surface area is 107 Å². The van der Waals surface area contributed by atoms with E-state index >= 15 is 0 Å². The van der Waals surface area contributed by atoms with Gasteiger partial charge in [-0.2, -0.15) is 0 Å². The Morgan fingerprint density at radius 3 is 2.33 bits per heavy atom. The van der Waals surface area contributed by atoms with Gasteiger partial charge in [0.05, 0.1) is 11.4 Å². The summed E-state index contributed by atoms with van der Waals surface area (Å²) >= 11 is 0. The molecule has 0 aliphatic rings. The van der Waals surface area contributed by atoms with Crippen LogP contribution in [-0.2, 0) is 0 Å². The van der Waals surface area contributed by atoms with Gasteiger partial charge in [0.15, 0.2) is 0 Å². The third-order valence-electron chi connectivity index (χ3n) is 2.86. The van der Waals surface area contributed by atoms with E-state index in [0.717, 1.165) is 11.1 Å². The molecule has 1 amide bonds. The average Bonchev–Trinajstić information content (AvgIpc) is 2.34. The average molecular weight is 240 g/mol. The van der Waals surface area contributed by atoms with Gasteiger partial charge in [0.1, 0.15) is 0 Å². The van der Waals surface area contributed by atoms with Gasteiger partial charge in [0.2, 0.25) is 0 Å². The van der Waals surface area contributed by atoms with Crippen LogP contribution in [0.25, 0.3) is 0 Å². The molecule has 0 aliphatic heterocycles. The van der Waals surface area contributed by atoms with Crippen LogP contribution in [0.1, 0.15) is 21.5 Å². The van der Waals surface area contributed by atoms with Crippen LogP contribution in [0.4, 0.5) is 11.4 Å². The Kier molecular flexibility index (Phi) is 3.33. The zero-order chi connectivity index (χ0) is 13.1. The van der Waals surface area contributed by atoms with Gasteiger partial charge in [-0.05, 0) is 37.6 Å². The number of nitrogen functional groups attached to an aromatic ring is 1. The largest absolute Gasteiger partial charge is 0.397 e. The fourth-order valence-electron chi connectivity index (χ4n) is 1.75. The molecule has 0 saturated heterocycles.